The van der Waals surface area contributed by atoms with E-state index in [1.165, 1.54) is 6.92 Å². The van der Waals surface area contributed by atoms with Crippen molar-refractivity contribution in [3.8, 4) is 0 Å². The molecule has 0 amide bonds. The van der Waals surface area contributed by atoms with Crippen molar-refractivity contribution in [2.75, 3.05) is 5.48 Å². The first-order valence-electron chi connectivity index (χ1n) is 6.53. The summed E-state index contributed by atoms with van der Waals surface area (Å²) in [5.41, 5.74) is 1.41. The van der Waals surface area contributed by atoms with Crippen LogP contribution in [-0.4, -0.2) is 44.2 Å². The first-order valence-corrected chi connectivity index (χ1v) is 6.53. The standard InChI is InChI=1S/C12H18FN3O5/c1-5(2)21-15-10-7(13)4-16(12(19)14-10)11-9(18)8(17)6(3)20-11/h4-6,8-9,11,17-18H,1-3H3,(H,14,15,19)/t6-,8-,9-,11-/m1/s1. The Hall–Kier alpha value is -1.55. The molecule has 0 radical (unpaired) electrons. The lowest BCUT2D eigenvalue weighted by atomic mass is 10.1. The summed E-state index contributed by atoms with van der Waals surface area (Å²) in [6.07, 6.45) is -3.76. The number of ether oxygens (including phenoxy) is 1. The molecule has 4 atom stereocenters. The number of halogens is 1. The Balaban J connectivity index is 2.27. The van der Waals surface area contributed by atoms with Crippen LogP contribution in [0.2, 0.25) is 0 Å². The van der Waals surface area contributed by atoms with Gasteiger partial charge in [0.15, 0.2) is 17.9 Å². The van der Waals surface area contributed by atoms with Crippen molar-refractivity contribution in [2.45, 2.75) is 51.4 Å². The van der Waals surface area contributed by atoms with Crippen molar-refractivity contribution < 1.29 is 24.2 Å². The molecule has 1 aromatic rings. The van der Waals surface area contributed by atoms with E-state index in [-0.39, 0.29) is 11.9 Å². The molecule has 1 aliphatic heterocycles. The Morgan fingerprint density at radius 3 is 2.67 bits per heavy atom. The maximum absolute atomic E-state index is 13.9. The van der Waals surface area contributed by atoms with E-state index in [1.54, 1.807) is 13.8 Å². The number of nitrogens with one attached hydrogen (secondary N) is 1. The van der Waals surface area contributed by atoms with Crippen molar-refractivity contribution >= 4 is 5.82 Å². The predicted molar refractivity (Wildman–Crippen MR) is 69.9 cm³/mol. The normalized spacial score (nSPS) is 29.1. The molecule has 2 rings (SSSR count). The first-order chi connectivity index (χ1) is 9.81. The SMILES string of the molecule is CC(C)ONc1nc(=O)n([C@@H]2O[C@H](C)[C@@H](O)[C@H]2O)cc1F. The van der Waals surface area contributed by atoms with Crippen LogP contribution in [0.25, 0.3) is 0 Å². The molecule has 1 saturated heterocycles. The van der Waals surface area contributed by atoms with Gasteiger partial charge in [-0.2, -0.15) is 4.98 Å². The van der Waals surface area contributed by atoms with Gasteiger partial charge in [-0.1, -0.05) is 0 Å². The minimum Gasteiger partial charge on any atom is -0.388 e. The lowest BCUT2D eigenvalue weighted by Crippen LogP contribution is -2.36. The third-order valence-electron chi connectivity index (χ3n) is 3.05. The van der Waals surface area contributed by atoms with Gasteiger partial charge < -0.3 is 14.9 Å². The van der Waals surface area contributed by atoms with Crippen molar-refractivity contribution in [1.82, 2.24) is 9.55 Å². The molecule has 3 N–H and O–H groups in total. The molecule has 0 aliphatic carbocycles. The molecule has 1 fully saturated rings. The summed E-state index contributed by atoms with van der Waals surface area (Å²) in [6.45, 7) is 4.98. The summed E-state index contributed by atoms with van der Waals surface area (Å²) in [6, 6.07) is 0. The van der Waals surface area contributed by atoms with Crippen LogP contribution in [-0.2, 0) is 9.57 Å². The molecule has 118 valence electrons. The predicted octanol–water partition coefficient (Wildman–Crippen LogP) is -0.227. The van der Waals surface area contributed by atoms with Gasteiger partial charge in [0.1, 0.15) is 12.2 Å². The van der Waals surface area contributed by atoms with Crippen LogP contribution in [0.15, 0.2) is 11.0 Å². The molecule has 21 heavy (non-hydrogen) atoms. The Morgan fingerprint density at radius 1 is 1.48 bits per heavy atom. The number of aliphatic hydroxyl groups excluding tert-OH is 2. The van der Waals surface area contributed by atoms with Gasteiger partial charge in [0.25, 0.3) is 0 Å². The van der Waals surface area contributed by atoms with Crippen LogP contribution < -0.4 is 11.2 Å². The van der Waals surface area contributed by atoms with E-state index in [2.05, 4.69) is 10.5 Å². The Kier molecular flexibility index (Phi) is 4.57. The van der Waals surface area contributed by atoms with Crippen LogP contribution in [0.4, 0.5) is 10.2 Å². The Bertz CT molecular complexity index is 564. The number of nitrogens with zero attached hydrogens (tertiary/aromatic N) is 2. The number of aromatic nitrogens is 2. The number of aliphatic hydroxyl groups is 2. The fraction of sp³-hybridized carbons (Fsp3) is 0.667. The molecule has 0 spiro atoms. The van der Waals surface area contributed by atoms with Gasteiger partial charge >= 0.3 is 5.69 Å². The van der Waals surface area contributed by atoms with Crippen LogP contribution in [0.1, 0.15) is 27.0 Å². The first kappa shape index (κ1) is 15.8. The quantitative estimate of drug-likeness (QED) is 0.660. The molecule has 1 aliphatic rings. The van der Waals surface area contributed by atoms with Crippen LogP contribution in [0.3, 0.4) is 0 Å². The van der Waals surface area contributed by atoms with E-state index in [0.717, 1.165) is 10.8 Å². The van der Waals surface area contributed by atoms with Crippen molar-refractivity contribution in [2.24, 2.45) is 0 Å². The lowest BCUT2D eigenvalue weighted by Gasteiger charge is -2.18. The van der Waals surface area contributed by atoms with E-state index in [9.17, 15) is 19.4 Å². The van der Waals surface area contributed by atoms with Crippen molar-refractivity contribution in [3.05, 3.63) is 22.5 Å². The van der Waals surface area contributed by atoms with Gasteiger partial charge in [-0.25, -0.2) is 14.7 Å². The summed E-state index contributed by atoms with van der Waals surface area (Å²) in [5, 5.41) is 19.4. The number of hydrogen-bond acceptors (Lipinski definition) is 7. The van der Waals surface area contributed by atoms with E-state index in [0.29, 0.717) is 0 Å². The topological polar surface area (TPSA) is 106 Å². The average molecular weight is 303 g/mol. The molecule has 9 heteroatoms. The van der Waals surface area contributed by atoms with E-state index in [4.69, 9.17) is 9.57 Å². The highest BCUT2D eigenvalue weighted by Gasteiger charge is 2.42. The monoisotopic (exact) mass is 303 g/mol. The van der Waals surface area contributed by atoms with Gasteiger partial charge in [0, 0.05) is 0 Å². The summed E-state index contributed by atoms with van der Waals surface area (Å²) in [4.78, 5) is 20.4. The second-order valence-corrected chi connectivity index (χ2v) is 5.11. The van der Waals surface area contributed by atoms with Crippen LogP contribution >= 0.6 is 0 Å². The maximum atomic E-state index is 13.9. The fourth-order valence-corrected chi connectivity index (χ4v) is 1.93. The Morgan fingerprint density at radius 2 is 2.14 bits per heavy atom. The fourth-order valence-electron chi connectivity index (χ4n) is 1.93. The van der Waals surface area contributed by atoms with Gasteiger partial charge in [-0.05, 0) is 20.8 Å². The minimum atomic E-state index is -1.34. The summed E-state index contributed by atoms with van der Waals surface area (Å²) in [5.74, 6) is -1.20. The summed E-state index contributed by atoms with van der Waals surface area (Å²) < 4.78 is 19.9. The van der Waals surface area contributed by atoms with Crippen molar-refractivity contribution in [3.63, 3.8) is 0 Å². The molecule has 0 bridgehead atoms. The largest absolute Gasteiger partial charge is 0.388 e. The second-order valence-electron chi connectivity index (χ2n) is 5.11. The van der Waals surface area contributed by atoms with Gasteiger partial charge in [0.2, 0.25) is 0 Å². The molecule has 0 saturated carbocycles. The van der Waals surface area contributed by atoms with Gasteiger partial charge in [0.05, 0.1) is 18.4 Å². The van der Waals surface area contributed by atoms with E-state index in [1.807, 2.05) is 0 Å². The molecular formula is C12H18FN3O5. The van der Waals surface area contributed by atoms with Crippen LogP contribution in [0, 0.1) is 5.82 Å². The lowest BCUT2D eigenvalue weighted by molar-refractivity contribution is -0.0355. The van der Waals surface area contributed by atoms with Gasteiger partial charge in [-0.3, -0.25) is 9.40 Å². The van der Waals surface area contributed by atoms with E-state index < -0.39 is 36.0 Å². The van der Waals surface area contributed by atoms with Crippen molar-refractivity contribution in [1.29, 1.82) is 0 Å². The zero-order valence-corrected chi connectivity index (χ0v) is 11.9. The number of hydrogen-bond donors (Lipinski definition) is 3. The summed E-state index contributed by atoms with van der Waals surface area (Å²) in [7, 11) is 0. The van der Waals surface area contributed by atoms with Crippen LogP contribution in [0.5, 0.6) is 0 Å². The smallest absolute Gasteiger partial charge is 0.351 e. The minimum absolute atomic E-state index is 0.232. The van der Waals surface area contributed by atoms with E-state index >= 15 is 0 Å². The van der Waals surface area contributed by atoms with Gasteiger partial charge in [-0.15, -0.1) is 0 Å². The third kappa shape index (κ3) is 3.21. The zero-order valence-electron chi connectivity index (χ0n) is 11.9. The number of anilines is 1. The molecule has 8 nitrogen and oxygen atoms in total. The molecule has 2 heterocycles. The molecule has 1 aromatic heterocycles. The highest BCUT2D eigenvalue weighted by atomic mass is 19.1. The molecule has 0 unspecified atom stereocenters. The maximum Gasteiger partial charge on any atom is 0.351 e. The molecule has 0 aromatic carbocycles. The summed E-state index contributed by atoms with van der Waals surface area (Å²) >= 11 is 0. The number of rotatable bonds is 4. The average Bonchev–Trinajstić information content (AvgIpc) is 2.67. The second kappa shape index (κ2) is 6.06. The highest BCUT2D eigenvalue weighted by molar-refractivity contribution is 5.31. The highest BCUT2D eigenvalue weighted by Crippen LogP contribution is 2.28. The molecular weight excluding hydrogens is 285 g/mol. The Labute approximate surface area is 120 Å². The zero-order chi connectivity index (χ0) is 15.7. The third-order valence-corrected chi connectivity index (χ3v) is 3.05.